The van der Waals surface area contributed by atoms with Crippen molar-refractivity contribution in [3.05, 3.63) is 221 Å². The van der Waals surface area contributed by atoms with Gasteiger partial charge in [-0.2, -0.15) is 0 Å². The molecule has 7 aromatic carbocycles. The lowest BCUT2D eigenvalue weighted by molar-refractivity contribution is 0.597. The summed E-state index contributed by atoms with van der Waals surface area (Å²) in [5.41, 5.74) is 23.3. The van der Waals surface area contributed by atoms with E-state index < -0.39 is 0 Å². The molecule has 1 heterocycles. The van der Waals surface area contributed by atoms with Gasteiger partial charge in [-0.25, -0.2) is 0 Å². The van der Waals surface area contributed by atoms with E-state index >= 15 is 0 Å². The van der Waals surface area contributed by atoms with Gasteiger partial charge >= 0.3 is 0 Å². The lowest BCUT2D eigenvalue weighted by Crippen LogP contribution is -2.19. The number of nitrogens with zero attached hydrogens (tertiary/aromatic N) is 1. The Morgan fingerprint density at radius 1 is 0.603 bits per heavy atom. The number of benzene rings is 7. The molecule has 0 spiro atoms. The molecule has 0 radical (unpaired) electrons. The summed E-state index contributed by atoms with van der Waals surface area (Å²) in [6.45, 7) is 16.2. The normalized spacial score (nSPS) is 16.7. The van der Waals surface area contributed by atoms with Gasteiger partial charge < -0.3 is 9.32 Å². The lowest BCUT2D eigenvalue weighted by Gasteiger charge is -2.29. The van der Waals surface area contributed by atoms with Gasteiger partial charge in [0.25, 0.3) is 0 Å². The standard InChI is InChI=1S/C61H53NO/c1-8-47(59-39(3)48-17-12-13-20-57(48)63-59)50-18-14-19-53-58(50)52-36-51-49-34-33-46(35-54(49)61(6,7)55(51)37-56(52)60(53,4)5)62(44-29-25-42(26-30-44)40-15-10-9-11-16-40)45-31-27-43(28-32-45)41-23-21-38(2)22-24-41/h8-21,23-38H,22H2,1-7H3/b47-8-. The van der Waals surface area contributed by atoms with Crippen molar-refractivity contribution < 1.29 is 4.42 Å². The van der Waals surface area contributed by atoms with Gasteiger partial charge in [0, 0.05) is 44.4 Å². The van der Waals surface area contributed by atoms with E-state index in [1.165, 1.54) is 83.3 Å². The fourth-order valence-electron chi connectivity index (χ4n) is 10.8. The van der Waals surface area contributed by atoms with Crippen LogP contribution in [0.15, 0.2) is 180 Å². The number of aryl methyl sites for hydroxylation is 1. The van der Waals surface area contributed by atoms with Crippen molar-refractivity contribution >= 4 is 39.2 Å². The summed E-state index contributed by atoms with van der Waals surface area (Å²) in [6, 6.07) is 56.3. The number of rotatable bonds is 7. The van der Waals surface area contributed by atoms with E-state index in [2.05, 4.69) is 229 Å². The third kappa shape index (κ3) is 6.14. The minimum atomic E-state index is -0.215. The molecule has 8 aromatic rings. The van der Waals surface area contributed by atoms with Gasteiger partial charge in [-0.15, -0.1) is 0 Å². The van der Waals surface area contributed by atoms with Gasteiger partial charge in [-0.3, -0.25) is 0 Å². The topological polar surface area (TPSA) is 16.4 Å². The van der Waals surface area contributed by atoms with Crippen molar-refractivity contribution in [3.63, 3.8) is 0 Å². The predicted octanol–water partition coefficient (Wildman–Crippen LogP) is 16.9. The minimum Gasteiger partial charge on any atom is -0.456 e. The molecule has 63 heavy (non-hydrogen) atoms. The summed E-state index contributed by atoms with van der Waals surface area (Å²) in [4.78, 5) is 2.43. The first-order valence-electron chi connectivity index (χ1n) is 22.6. The monoisotopic (exact) mass is 815 g/mol. The Morgan fingerprint density at radius 3 is 1.94 bits per heavy atom. The second-order valence-electron chi connectivity index (χ2n) is 18.9. The highest BCUT2D eigenvalue weighted by Crippen LogP contribution is 2.58. The van der Waals surface area contributed by atoms with E-state index in [0.29, 0.717) is 5.92 Å². The second-order valence-corrected chi connectivity index (χ2v) is 18.9. The highest BCUT2D eigenvalue weighted by atomic mass is 16.3. The molecule has 1 aromatic heterocycles. The first-order valence-corrected chi connectivity index (χ1v) is 22.6. The average Bonchev–Trinajstić information content (AvgIpc) is 3.85. The summed E-state index contributed by atoms with van der Waals surface area (Å²) < 4.78 is 6.63. The number of fused-ring (bicyclic) bond motifs is 7. The van der Waals surface area contributed by atoms with Gasteiger partial charge in [0.05, 0.1) is 0 Å². The molecule has 0 saturated carbocycles. The number of anilines is 3. The Balaban J connectivity index is 1.03. The fourth-order valence-corrected chi connectivity index (χ4v) is 10.8. The molecule has 1 unspecified atom stereocenters. The summed E-state index contributed by atoms with van der Waals surface area (Å²) in [6.07, 6.45) is 10.3. The van der Waals surface area contributed by atoms with Gasteiger partial charge in [-0.1, -0.05) is 162 Å². The van der Waals surface area contributed by atoms with Gasteiger partial charge in [0.1, 0.15) is 11.3 Å². The van der Waals surface area contributed by atoms with Crippen LogP contribution in [0, 0.1) is 12.8 Å². The molecule has 308 valence electrons. The van der Waals surface area contributed by atoms with Crippen molar-refractivity contribution in [1.29, 1.82) is 0 Å². The summed E-state index contributed by atoms with van der Waals surface area (Å²) in [7, 11) is 0. The number of furan rings is 1. The molecule has 0 bridgehead atoms. The van der Waals surface area contributed by atoms with Gasteiger partial charge in [-0.05, 0) is 147 Å². The zero-order valence-electron chi connectivity index (χ0n) is 37.4. The van der Waals surface area contributed by atoms with E-state index in [0.717, 1.165) is 40.4 Å². The lowest BCUT2D eigenvalue weighted by atomic mass is 9.77. The molecule has 0 saturated heterocycles. The minimum absolute atomic E-state index is 0.177. The van der Waals surface area contributed by atoms with Crippen molar-refractivity contribution in [2.75, 3.05) is 4.90 Å². The van der Waals surface area contributed by atoms with Crippen molar-refractivity contribution in [3.8, 4) is 33.4 Å². The second kappa shape index (κ2) is 14.6. The molecule has 0 amide bonds. The van der Waals surface area contributed by atoms with Crippen molar-refractivity contribution in [2.24, 2.45) is 5.92 Å². The summed E-state index contributed by atoms with van der Waals surface area (Å²) >= 11 is 0. The number of para-hydroxylation sites is 1. The Kier molecular flexibility index (Phi) is 9.03. The Bertz CT molecular complexity index is 3200. The Hall–Kier alpha value is -6.90. The average molecular weight is 816 g/mol. The van der Waals surface area contributed by atoms with Crippen molar-refractivity contribution in [2.45, 2.75) is 65.7 Å². The van der Waals surface area contributed by atoms with Crippen LogP contribution in [0.1, 0.15) is 92.7 Å². The van der Waals surface area contributed by atoms with Crippen LogP contribution in [-0.2, 0) is 10.8 Å². The van der Waals surface area contributed by atoms with E-state index in [1.807, 2.05) is 0 Å². The maximum Gasteiger partial charge on any atom is 0.138 e. The van der Waals surface area contributed by atoms with Crippen LogP contribution in [-0.4, -0.2) is 0 Å². The third-order valence-electron chi connectivity index (χ3n) is 14.4. The van der Waals surface area contributed by atoms with Crippen LogP contribution < -0.4 is 4.90 Å². The maximum absolute atomic E-state index is 6.63. The zero-order chi connectivity index (χ0) is 43.2. The molecule has 1 atom stereocenters. The SMILES string of the molecule is C/C=C(/c1cccc2c1-c1cc3c(cc1C2(C)C)C(C)(C)c1cc(N(c2ccc(C4=CCC(C)C=C4)cc2)c2ccc(-c4ccccc4)cc2)ccc1-3)c1oc2ccccc2c1C. The molecule has 0 aliphatic heterocycles. The molecule has 3 aliphatic rings. The molecule has 2 heteroatoms. The Labute approximate surface area is 372 Å². The molecule has 0 fully saturated rings. The number of hydrogen-bond acceptors (Lipinski definition) is 2. The summed E-state index contributed by atoms with van der Waals surface area (Å²) in [5, 5.41) is 1.17. The van der Waals surface area contributed by atoms with E-state index in [-0.39, 0.29) is 10.8 Å². The Morgan fingerprint density at radius 2 is 1.24 bits per heavy atom. The van der Waals surface area contributed by atoms with Crippen LogP contribution in [0.4, 0.5) is 17.1 Å². The van der Waals surface area contributed by atoms with Crippen LogP contribution in [0.3, 0.4) is 0 Å². The van der Waals surface area contributed by atoms with E-state index in [9.17, 15) is 0 Å². The molecular weight excluding hydrogens is 763 g/mol. The van der Waals surface area contributed by atoms with Crippen molar-refractivity contribution in [1.82, 2.24) is 0 Å². The third-order valence-corrected chi connectivity index (χ3v) is 14.4. The van der Waals surface area contributed by atoms with Crippen LogP contribution >= 0.6 is 0 Å². The zero-order valence-corrected chi connectivity index (χ0v) is 37.4. The molecule has 11 rings (SSSR count). The van der Waals surface area contributed by atoms with Gasteiger partial charge in [0.15, 0.2) is 0 Å². The largest absolute Gasteiger partial charge is 0.456 e. The molecule has 3 aliphatic carbocycles. The van der Waals surface area contributed by atoms with E-state index in [4.69, 9.17) is 4.42 Å². The first-order chi connectivity index (χ1) is 30.5. The van der Waals surface area contributed by atoms with Crippen LogP contribution in [0.25, 0.3) is 55.5 Å². The van der Waals surface area contributed by atoms with Gasteiger partial charge in [0.2, 0.25) is 0 Å². The summed E-state index contributed by atoms with van der Waals surface area (Å²) in [5.74, 6) is 1.53. The van der Waals surface area contributed by atoms with Crippen LogP contribution in [0.5, 0.6) is 0 Å². The molecule has 2 nitrogen and oxygen atoms in total. The first kappa shape index (κ1) is 39.0. The predicted molar refractivity (Wildman–Crippen MR) is 266 cm³/mol. The fraction of sp³-hybridized carbons (Fsp3) is 0.180. The number of allylic oxidation sites excluding steroid dienone is 5. The highest BCUT2D eigenvalue weighted by Gasteiger charge is 2.43. The smallest absolute Gasteiger partial charge is 0.138 e. The quantitative estimate of drug-likeness (QED) is 0.159. The van der Waals surface area contributed by atoms with Crippen LogP contribution in [0.2, 0.25) is 0 Å². The molecule has 0 N–H and O–H groups in total. The highest BCUT2D eigenvalue weighted by molar-refractivity contribution is 5.99. The molecular formula is C61H53NO. The van der Waals surface area contributed by atoms with E-state index in [1.54, 1.807) is 0 Å². The maximum atomic E-state index is 6.63. The number of hydrogen-bond donors (Lipinski definition) is 0.